The molecule has 0 aromatic heterocycles. The zero-order valence-electron chi connectivity index (χ0n) is 9.31. The lowest BCUT2D eigenvalue weighted by Crippen LogP contribution is -2.02. The van der Waals surface area contributed by atoms with Crippen LogP contribution in [0.4, 0.5) is 0 Å². The van der Waals surface area contributed by atoms with Crippen molar-refractivity contribution >= 4 is 6.29 Å². The fourth-order valence-electron chi connectivity index (χ4n) is 0.930. The van der Waals surface area contributed by atoms with Crippen LogP contribution in [0.2, 0.25) is 0 Å². The number of nitrogens with two attached hydrogens (primary N) is 1. The van der Waals surface area contributed by atoms with Crippen molar-refractivity contribution in [1.82, 2.24) is 0 Å². The maximum absolute atomic E-state index is 10.3. The van der Waals surface area contributed by atoms with Crippen molar-refractivity contribution < 1.29 is 9.90 Å². The molecule has 1 aromatic carbocycles. The van der Waals surface area contributed by atoms with Gasteiger partial charge in [0.05, 0.1) is 0 Å². The molecule has 0 amide bonds. The lowest BCUT2D eigenvalue weighted by Gasteiger charge is -1.96. The minimum Gasteiger partial charge on any atom is -0.394 e. The first kappa shape index (κ1) is 13.8. The molecule has 0 spiro atoms. The highest BCUT2D eigenvalue weighted by Crippen LogP contribution is 2.01. The smallest absolute Gasteiger partial charge is 0.150 e. The second kappa shape index (κ2) is 8.15. The second-order valence-electron chi connectivity index (χ2n) is 3.49. The van der Waals surface area contributed by atoms with E-state index < -0.39 is 0 Å². The number of carbonyl (C=O) groups excluding carboxylic acids is 1. The van der Waals surface area contributed by atoms with Gasteiger partial charge < -0.3 is 10.8 Å². The van der Waals surface area contributed by atoms with Crippen molar-refractivity contribution in [2.75, 3.05) is 6.54 Å². The first-order valence-corrected chi connectivity index (χ1v) is 5.02. The number of hydrogen-bond acceptors (Lipinski definition) is 3. The molecule has 0 radical (unpaired) electrons. The summed E-state index contributed by atoms with van der Waals surface area (Å²) in [6, 6.07) is 7.46. The van der Waals surface area contributed by atoms with E-state index in [1.165, 1.54) is 5.56 Å². The molecule has 0 saturated heterocycles. The summed E-state index contributed by atoms with van der Waals surface area (Å²) < 4.78 is 0. The molecule has 0 aliphatic carbocycles. The molecule has 0 fully saturated rings. The number of hydrogen-bond donors (Lipinski definition) is 2. The molecule has 0 unspecified atom stereocenters. The Morgan fingerprint density at radius 2 is 1.80 bits per heavy atom. The molecule has 0 heterocycles. The maximum Gasteiger partial charge on any atom is 0.150 e. The van der Waals surface area contributed by atoms with Gasteiger partial charge in [-0.3, -0.25) is 4.79 Å². The van der Waals surface area contributed by atoms with E-state index in [1.807, 2.05) is 12.1 Å². The van der Waals surface area contributed by atoms with Crippen LogP contribution in [-0.2, 0) is 6.42 Å². The first-order valence-electron chi connectivity index (χ1n) is 5.02. The largest absolute Gasteiger partial charge is 0.394 e. The minimum atomic E-state index is -0.167. The van der Waals surface area contributed by atoms with Crippen LogP contribution < -0.4 is 5.73 Å². The monoisotopic (exact) mass is 209 g/mol. The highest BCUT2D eigenvalue weighted by molar-refractivity contribution is 5.74. The van der Waals surface area contributed by atoms with Crippen molar-refractivity contribution in [3.63, 3.8) is 0 Å². The van der Waals surface area contributed by atoms with Gasteiger partial charge in [0, 0.05) is 11.7 Å². The Bertz CT molecular complexity index is 265. The van der Waals surface area contributed by atoms with Crippen LogP contribution in [0, 0.1) is 0 Å². The fourth-order valence-corrected chi connectivity index (χ4v) is 0.930. The van der Waals surface area contributed by atoms with Crippen LogP contribution in [0.25, 0.3) is 0 Å². The number of benzene rings is 1. The lowest BCUT2D eigenvalue weighted by molar-refractivity contribution is 0.112. The van der Waals surface area contributed by atoms with Crippen molar-refractivity contribution in [2.45, 2.75) is 26.4 Å². The summed E-state index contributed by atoms with van der Waals surface area (Å²) in [7, 11) is 0. The average molecular weight is 209 g/mol. The maximum atomic E-state index is 10.3. The van der Waals surface area contributed by atoms with Gasteiger partial charge in [-0.05, 0) is 32.4 Å². The van der Waals surface area contributed by atoms with Gasteiger partial charge in [-0.25, -0.2) is 0 Å². The normalized spacial score (nSPS) is 9.40. The molecule has 15 heavy (non-hydrogen) atoms. The van der Waals surface area contributed by atoms with Crippen molar-refractivity contribution in [1.29, 1.82) is 0 Å². The van der Waals surface area contributed by atoms with Crippen LogP contribution in [0.15, 0.2) is 24.3 Å². The van der Waals surface area contributed by atoms with E-state index in [0.717, 1.165) is 12.7 Å². The van der Waals surface area contributed by atoms with Crippen LogP contribution in [-0.4, -0.2) is 24.0 Å². The van der Waals surface area contributed by atoms with Crippen LogP contribution >= 0.6 is 0 Å². The van der Waals surface area contributed by atoms with E-state index in [9.17, 15) is 4.79 Å². The van der Waals surface area contributed by atoms with Crippen molar-refractivity contribution in [2.24, 2.45) is 5.73 Å². The molecule has 0 saturated carbocycles. The molecule has 0 aliphatic rings. The Hall–Kier alpha value is -1.19. The Kier molecular flexibility index (Phi) is 7.50. The molecule has 1 aromatic rings. The van der Waals surface area contributed by atoms with Crippen LogP contribution in [0.3, 0.4) is 0 Å². The molecular weight excluding hydrogens is 190 g/mol. The van der Waals surface area contributed by atoms with Crippen molar-refractivity contribution in [3.8, 4) is 0 Å². The number of aliphatic hydroxyl groups excluding tert-OH is 1. The quantitative estimate of drug-likeness (QED) is 0.739. The van der Waals surface area contributed by atoms with E-state index in [2.05, 4.69) is 0 Å². The van der Waals surface area contributed by atoms with Gasteiger partial charge in [-0.15, -0.1) is 0 Å². The lowest BCUT2D eigenvalue weighted by atomic mass is 10.1. The molecule has 84 valence electrons. The second-order valence-corrected chi connectivity index (χ2v) is 3.49. The summed E-state index contributed by atoms with van der Waals surface area (Å²) in [5, 5.41) is 8.06. The molecule has 3 N–H and O–H groups in total. The third-order valence-corrected chi connectivity index (χ3v) is 1.55. The van der Waals surface area contributed by atoms with E-state index in [4.69, 9.17) is 10.8 Å². The summed E-state index contributed by atoms with van der Waals surface area (Å²) in [5.41, 5.74) is 7.25. The average Bonchev–Trinajstić information content (AvgIpc) is 2.19. The molecule has 0 aliphatic heterocycles. The third kappa shape index (κ3) is 7.85. The van der Waals surface area contributed by atoms with E-state index >= 15 is 0 Å². The molecule has 3 nitrogen and oxygen atoms in total. The summed E-state index contributed by atoms with van der Waals surface area (Å²) in [6.45, 7) is 4.10. The van der Waals surface area contributed by atoms with Gasteiger partial charge in [-0.1, -0.05) is 24.3 Å². The Morgan fingerprint density at radius 3 is 2.13 bits per heavy atom. The van der Waals surface area contributed by atoms with Gasteiger partial charge in [-0.2, -0.15) is 0 Å². The topological polar surface area (TPSA) is 63.3 Å². The van der Waals surface area contributed by atoms with Gasteiger partial charge in [0.1, 0.15) is 6.29 Å². The minimum absolute atomic E-state index is 0.167. The van der Waals surface area contributed by atoms with Gasteiger partial charge >= 0.3 is 0 Å². The molecule has 3 heteroatoms. The van der Waals surface area contributed by atoms with Crippen LogP contribution in [0.1, 0.15) is 29.8 Å². The molecule has 1 rings (SSSR count). The van der Waals surface area contributed by atoms with E-state index in [0.29, 0.717) is 12.1 Å². The zero-order valence-corrected chi connectivity index (χ0v) is 9.31. The number of aliphatic hydroxyl groups is 1. The Balaban J connectivity index is 0.000000423. The molecule has 0 atom stereocenters. The number of aldehydes is 1. The highest BCUT2D eigenvalue weighted by atomic mass is 16.3. The number of rotatable bonds is 3. The molecule has 0 bridgehead atoms. The standard InChI is InChI=1S/C9H11NO.C3H8O/c10-6-5-8-1-3-9(7-11)4-2-8;1-3(2)4/h1-4,7H,5-6,10H2;3-4H,1-2H3. The fraction of sp³-hybridized carbons (Fsp3) is 0.417. The first-order chi connectivity index (χ1) is 7.10. The SMILES string of the molecule is CC(C)O.NCCc1ccc(C=O)cc1. The summed E-state index contributed by atoms with van der Waals surface area (Å²) in [4.78, 5) is 10.3. The predicted octanol–water partition coefficient (Wildman–Crippen LogP) is 1.39. The predicted molar refractivity (Wildman–Crippen MR) is 61.9 cm³/mol. The zero-order chi connectivity index (χ0) is 11.7. The summed E-state index contributed by atoms with van der Waals surface area (Å²) in [5.74, 6) is 0. The van der Waals surface area contributed by atoms with Crippen LogP contribution in [0.5, 0.6) is 0 Å². The third-order valence-electron chi connectivity index (χ3n) is 1.55. The van der Waals surface area contributed by atoms with Gasteiger partial charge in [0.2, 0.25) is 0 Å². The number of carbonyl (C=O) groups is 1. The van der Waals surface area contributed by atoms with Crippen molar-refractivity contribution in [3.05, 3.63) is 35.4 Å². The van der Waals surface area contributed by atoms with E-state index in [-0.39, 0.29) is 6.10 Å². The van der Waals surface area contributed by atoms with Gasteiger partial charge in [0.15, 0.2) is 0 Å². The highest BCUT2D eigenvalue weighted by Gasteiger charge is 1.90. The Labute approximate surface area is 90.9 Å². The Morgan fingerprint density at radius 1 is 1.33 bits per heavy atom. The summed E-state index contributed by atoms with van der Waals surface area (Å²) >= 11 is 0. The summed E-state index contributed by atoms with van der Waals surface area (Å²) in [6.07, 6.45) is 1.55. The van der Waals surface area contributed by atoms with Gasteiger partial charge in [0.25, 0.3) is 0 Å². The molecular formula is C12H19NO2. The van der Waals surface area contributed by atoms with E-state index in [1.54, 1.807) is 26.0 Å².